The predicted molar refractivity (Wildman–Crippen MR) is 107 cm³/mol. The fourth-order valence-corrected chi connectivity index (χ4v) is 3.50. The van der Waals surface area contributed by atoms with E-state index >= 15 is 0 Å². The Morgan fingerprint density at radius 1 is 1.14 bits per heavy atom. The van der Waals surface area contributed by atoms with Crippen molar-refractivity contribution in [2.24, 2.45) is 0 Å². The number of rotatable bonds is 6. The minimum atomic E-state index is -0.491. The zero-order valence-electron chi connectivity index (χ0n) is 15.0. The summed E-state index contributed by atoms with van der Waals surface area (Å²) >= 11 is 1.24. The molecule has 0 spiro atoms. The SMILES string of the molecule is CC(Sc1ccc([N+](=O)[O-])cc1)C(=O)NNC(=O)Cc1c[nH]c2ccccc12. The maximum absolute atomic E-state index is 12.2. The van der Waals surface area contributed by atoms with Crippen molar-refractivity contribution in [1.29, 1.82) is 0 Å². The summed E-state index contributed by atoms with van der Waals surface area (Å²) in [6.45, 7) is 1.69. The van der Waals surface area contributed by atoms with Gasteiger partial charge in [0.15, 0.2) is 0 Å². The highest BCUT2D eigenvalue weighted by Gasteiger charge is 2.16. The van der Waals surface area contributed by atoms with Gasteiger partial charge in [-0.05, 0) is 30.7 Å². The number of para-hydroxylation sites is 1. The zero-order valence-corrected chi connectivity index (χ0v) is 15.8. The molecule has 1 unspecified atom stereocenters. The molecule has 0 aliphatic carbocycles. The number of thioether (sulfide) groups is 1. The zero-order chi connectivity index (χ0) is 20.1. The Kier molecular flexibility index (Phi) is 5.95. The molecular formula is C19H18N4O4S. The third kappa shape index (κ3) is 4.68. The molecule has 3 N–H and O–H groups in total. The molecule has 0 radical (unpaired) electrons. The number of carbonyl (C=O) groups is 2. The molecule has 28 heavy (non-hydrogen) atoms. The summed E-state index contributed by atoms with van der Waals surface area (Å²) in [5.41, 5.74) is 6.62. The van der Waals surface area contributed by atoms with E-state index < -0.39 is 10.2 Å². The third-order valence-corrected chi connectivity index (χ3v) is 5.19. The molecule has 3 aromatic rings. The van der Waals surface area contributed by atoms with Crippen LogP contribution in [-0.2, 0) is 16.0 Å². The fourth-order valence-electron chi connectivity index (χ4n) is 2.63. The Hall–Kier alpha value is -3.33. The van der Waals surface area contributed by atoms with Crippen LogP contribution in [0.15, 0.2) is 59.6 Å². The van der Waals surface area contributed by atoms with Gasteiger partial charge in [0.05, 0.1) is 16.6 Å². The number of amides is 2. The van der Waals surface area contributed by atoms with Crippen LogP contribution >= 0.6 is 11.8 Å². The summed E-state index contributed by atoms with van der Waals surface area (Å²) in [5, 5.41) is 11.1. The number of fused-ring (bicyclic) bond motifs is 1. The van der Waals surface area contributed by atoms with Gasteiger partial charge in [0.25, 0.3) is 11.6 Å². The number of aromatic nitrogens is 1. The van der Waals surface area contributed by atoms with E-state index in [2.05, 4.69) is 15.8 Å². The molecule has 1 heterocycles. The van der Waals surface area contributed by atoms with Crippen molar-refractivity contribution in [1.82, 2.24) is 15.8 Å². The van der Waals surface area contributed by atoms with E-state index in [0.717, 1.165) is 21.4 Å². The molecule has 0 fully saturated rings. The summed E-state index contributed by atoms with van der Waals surface area (Å²) in [6, 6.07) is 13.6. The lowest BCUT2D eigenvalue weighted by Crippen LogP contribution is -2.45. The first kappa shape index (κ1) is 19.4. The van der Waals surface area contributed by atoms with E-state index in [9.17, 15) is 19.7 Å². The van der Waals surface area contributed by atoms with Gasteiger partial charge in [0.1, 0.15) is 0 Å². The van der Waals surface area contributed by atoms with Crippen LogP contribution in [0.2, 0.25) is 0 Å². The molecule has 3 rings (SSSR count). The first-order valence-electron chi connectivity index (χ1n) is 8.49. The predicted octanol–water partition coefficient (Wildman–Crippen LogP) is 2.95. The van der Waals surface area contributed by atoms with Gasteiger partial charge in [-0.3, -0.25) is 30.6 Å². The Balaban J connectivity index is 1.50. The first-order valence-corrected chi connectivity index (χ1v) is 9.37. The summed E-state index contributed by atoms with van der Waals surface area (Å²) in [5.74, 6) is -0.693. The first-order chi connectivity index (χ1) is 13.4. The number of hydrogen-bond donors (Lipinski definition) is 3. The van der Waals surface area contributed by atoms with Gasteiger partial charge in [-0.1, -0.05) is 18.2 Å². The quantitative estimate of drug-likeness (QED) is 0.335. The van der Waals surface area contributed by atoms with E-state index in [1.54, 1.807) is 25.3 Å². The topological polar surface area (TPSA) is 117 Å². The molecule has 8 nitrogen and oxygen atoms in total. The largest absolute Gasteiger partial charge is 0.361 e. The van der Waals surface area contributed by atoms with Crippen LogP contribution < -0.4 is 10.9 Å². The van der Waals surface area contributed by atoms with Gasteiger partial charge in [-0.15, -0.1) is 11.8 Å². The molecule has 9 heteroatoms. The van der Waals surface area contributed by atoms with Crippen LogP contribution in [-0.4, -0.2) is 27.0 Å². The fraction of sp³-hybridized carbons (Fsp3) is 0.158. The molecule has 0 aliphatic rings. The molecule has 0 saturated heterocycles. The number of non-ortho nitro benzene ring substituents is 1. The monoisotopic (exact) mass is 398 g/mol. The van der Waals surface area contributed by atoms with Crippen molar-refractivity contribution < 1.29 is 14.5 Å². The number of nitrogens with one attached hydrogen (secondary N) is 3. The molecule has 2 aromatic carbocycles. The van der Waals surface area contributed by atoms with Crippen molar-refractivity contribution in [3.63, 3.8) is 0 Å². The standard InChI is InChI=1S/C19H18N4O4S/c1-12(28-15-8-6-14(7-9-15)23(26)27)19(25)22-21-18(24)10-13-11-20-17-5-3-2-4-16(13)17/h2-9,11-12,20H,10H2,1H3,(H,21,24)(H,22,25). The molecule has 0 bridgehead atoms. The summed E-state index contributed by atoms with van der Waals surface area (Å²) in [6.07, 6.45) is 1.91. The van der Waals surface area contributed by atoms with Crippen LogP contribution in [0.5, 0.6) is 0 Å². The average Bonchev–Trinajstić information content (AvgIpc) is 3.09. The lowest BCUT2D eigenvalue weighted by atomic mass is 10.1. The van der Waals surface area contributed by atoms with Crippen molar-refractivity contribution in [3.05, 3.63) is 70.4 Å². The van der Waals surface area contributed by atoms with Gasteiger partial charge in [0.2, 0.25) is 5.91 Å². The van der Waals surface area contributed by atoms with Crippen LogP contribution in [0.1, 0.15) is 12.5 Å². The number of nitro groups is 1. The highest BCUT2D eigenvalue weighted by molar-refractivity contribution is 8.00. The molecule has 0 aliphatic heterocycles. The second kappa shape index (κ2) is 8.57. The second-order valence-electron chi connectivity index (χ2n) is 6.08. The minimum Gasteiger partial charge on any atom is -0.361 e. The van der Waals surface area contributed by atoms with E-state index in [-0.39, 0.29) is 23.9 Å². The van der Waals surface area contributed by atoms with Gasteiger partial charge in [-0.2, -0.15) is 0 Å². The maximum atomic E-state index is 12.2. The lowest BCUT2D eigenvalue weighted by molar-refractivity contribution is -0.384. The van der Waals surface area contributed by atoms with Crippen molar-refractivity contribution in [2.75, 3.05) is 0 Å². The number of hydrogen-bond acceptors (Lipinski definition) is 5. The highest BCUT2D eigenvalue weighted by Crippen LogP contribution is 2.25. The Labute approximate surface area is 164 Å². The Morgan fingerprint density at radius 3 is 2.57 bits per heavy atom. The van der Waals surface area contributed by atoms with E-state index in [0.29, 0.717) is 0 Å². The van der Waals surface area contributed by atoms with Gasteiger partial charge < -0.3 is 4.98 Å². The average molecular weight is 398 g/mol. The summed E-state index contributed by atoms with van der Waals surface area (Å²) < 4.78 is 0. The van der Waals surface area contributed by atoms with Crippen LogP contribution in [0.25, 0.3) is 10.9 Å². The highest BCUT2D eigenvalue weighted by atomic mass is 32.2. The molecule has 1 aromatic heterocycles. The van der Waals surface area contributed by atoms with Crippen LogP contribution in [0.4, 0.5) is 5.69 Å². The van der Waals surface area contributed by atoms with E-state index in [4.69, 9.17) is 0 Å². The normalized spacial score (nSPS) is 11.8. The Morgan fingerprint density at radius 2 is 1.86 bits per heavy atom. The second-order valence-corrected chi connectivity index (χ2v) is 7.50. The van der Waals surface area contributed by atoms with Crippen molar-refractivity contribution in [2.45, 2.75) is 23.5 Å². The number of hydrazine groups is 1. The van der Waals surface area contributed by atoms with Crippen LogP contribution in [0, 0.1) is 10.1 Å². The van der Waals surface area contributed by atoms with E-state index in [1.165, 1.54) is 23.9 Å². The molecule has 2 amide bonds. The van der Waals surface area contributed by atoms with Gasteiger partial charge >= 0.3 is 0 Å². The molecule has 144 valence electrons. The number of nitrogens with zero attached hydrogens (tertiary/aromatic N) is 1. The van der Waals surface area contributed by atoms with Gasteiger partial charge in [0, 0.05) is 34.1 Å². The number of aromatic amines is 1. The smallest absolute Gasteiger partial charge is 0.269 e. The minimum absolute atomic E-state index is 0.00833. The number of carbonyl (C=O) groups excluding carboxylic acids is 2. The number of H-pyrrole nitrogens is 1. The lowest BCUT2D eigenvalue weighted by Gasteiger charge is -2.12. The van der Waals surface area contributed by atoms with Crippen LogP contribution in [0.3, 0.4) is 0 Å². The van der Waals surface area contributed by atoms with Gasteiger partial charge in [-0.25, -0.2) is 0 Å². The van der Waals surface area contributed by atoms with Crippen molar-refractivity contribution >= 4 is 40.2 Å². The molecular weight excluding hydrogens is 380 g/mol. The number of benzene rings is 2. The summed E-state index contributed by atoms with van der Waals surface area (Å²) in [4.78, 5) is 38.3. The Bertz CT molecular complexity index is 1020. The number of nitro benzene ring substituents is 1. The van der Waals surface area contributed by atoms with E-state index in [1.807, 2.05) is 24.3 Å². The van der Waals surface area contributed by atoms with Crippen molar-refractivity contribution in [3.8, 4) is 0 Å². The summed E-state index contributed by atoms with van der Waals surface area (Å²) in [7, 11) is 0. The maximum Gasteiger partial charge on any atom is 0.269 e. The third-order valence-electron chi connectivity index (χ3n) is 4.08. The molecule has 0 saturated carbocycles. The molecule has 1 atom stereocenters.